The molecule has 0 bridgehead atoms. The molecule has 1 atom stereocenters. The summed E-state index contributed by atoms with van der Waals surface area (Å²) in [6.45, 7) is 5.33. The topological polar surface area (TPSA) is 49.3 Å². The Morgan fingerprint density at radius 3 is 2.67 bits per heavy atom. The summed E-state index contributed by atoms with van der Waals surface area (Å²) in [6.07, 6.45) is 2.78. The fraction of sp³-hybridized carbons (Fsp3) is 0.533. The molecular weight excluding hydrogens is 226 g/mol. The first kappa shape index (κ1) is 13.1. The van der Waals surface area contributed by atoms with Gasteiger partial charge in [-0.05, 0) is 63.3 Å². The third-order valence-corrected chi connectivity index (χ3v) is 3.84. The lowest BCUT2D eigenvalue weighted by Crippen LogP contribution is -2.51. The molecule has 1 aromatic rings. The second-order valence-corrected chi connectivity index (χ2v) is 5.69. The predicted molar refractivity (Wildman–Crippen MR) is 71.7 cm³/mol. The van der Waals surface area contributed by atoms with Gasteiger partial charge < -0.3 is 10.4 Å². The van der Waals surface area contributed by atoms with Crippen LogP contribution in [0.1, 0.15) is 48.7 Å². The maximum atomic E-state index is 12.1. The van der Waals surface area contributed by atoms with E-state index >= 15 is 0 Å². The third kappa shape index (κ3) is 2.56. The van der Waals surface area contributed by atoms with E-state index < -0.39 is 11.6 Å². The lowest BCUT2D eigenvalue weighted by atomic mass is 9.97. The third-order valence-electron chi connectivity index (χ3n) is 3.84. The van der Waals surface area contributed by atoms with Crippen LogP contribution in [-0.4, -0.2) is 22.7 Å². The Bertz CT molecular complexity index is 464. The minimum absolute atomic E-state index is 0.115. The van der Waals surface area contributed by atoms with E-state index in [1.165, 1.54) is 17.5 Å². The first-order chi connectivity index (χ1) is 8.40. The van der Waals surface area contributed by atoms with Crippen molar-refractivity contribution in [2.45, 2.75) is 51.7 Å². The van der Waals surface area contributed by atoms with Gasteiger partial charge in [-0.15, -0.1) is 0 Å². The van der Waals surface area contributed by atoms with Crippen molar-refractivity contribution in [2.24, 2.45) is 0 Å². The van der Waals surface area contributed by atoms with Crippen LogP contribution in [0.2, 0.25) is 0 Å². The molecule has 1 aromatic carbocycles. The molecule has 0 fully saturated rings. The summed E-state index contributed by atoms with van der Waals surface area (Å²) in [5, 5.41) is 12.5. The summed E-state index contributed by atoms with van der Waals surface area (Å²) in [5.41, 5.74) is 2.72. The molecule has 0 spiro atoms. The number of hydrogen-bond donors (Lipinski definition) is 2. The van der Waals surface area contributed by atoms with E-state index in [0.717, 1.165) is 12.8 Å². The minimum atomic E-state index is -0.615. The van der Waals surface area contributed by atoms with Crippen molar-refractivity contribution in [3.05, 3.63) is 34.9 Å². The largest absolute Gasteiger partial charge is 0.391 e. The van der Waals surface area contributed by atoms with Crippen LogP contribution in [0.15, 0.2) is 18.2 Å². The van der Waals surface area contributed by atoms with Crippen molar-refractivity contribution < 1.29 is 9.90 Å². The van der Waals surface area contributed by atoms with Crippen LogP contribution in [0.4, 0.5) is 0 Å². The summed E-state index contributed by atoms with van der Waals surface area (Å²) < 4.78 is 0. The zero-order chi connectivity index (χ0) is 13.3. The molecule has 3 heteroatoms. The Morgan fingerprint density at radius 1 is 1.33 bits per heavy atom. The summed E-state index contributed by atoms with van der Waals surface area (Å²) in [4.78, 5) is 12.1. The smallest absolute Gasteiger partial charge is 0.251 e. The van der Waals surface area contributed by atoms with E-state index in [4.69, 9.17) is 0 Å². The molecular formula is C15H21NO2. The van der Waals surface area contributed by atoms with Crippen LogP contribution in [0.25, 0.3) is 0 Å². The number of fused-ring (bicyclic) bond motifs is 1. The summed E-state index contributed by atoms with van der Waals surface area (Å²) in [7, 11) is 0. The number of carbonyl (C=O) groups is 1. The number of aryl methyl sites for hydroxylation is 2. The van der Waals surface area contributed by atoms with Gasteiger partial charge in [-0.3, -0.25) is 4.79 Å². The highest BCUT2D eigenvalue weighted by atomic mass is 16.3. The zero-order valence-corrected chi connectivity index (χ0v) is 11.3. The Balaban J connectivity index is 2.15. The molecule has 1 unspecified atom stereocenters. The number of nitrogens with one attached hydrogen (secondary N) is 1. The molecule has 2 N–H and O–H groups in total. The second kappa shape index (κ2) is 4.73. The molecule has 1 aliphatic rings. The van der Waals surface area contributed by atoms with Crippen molar-refractivity contribution in [1.82, 2.24) is 5.32 Å². The fourth-order valence-electron chi connectivity index (χ4n) is 2.18. The van der Waals surface area contributed by atoms with Crippen LogP contribution in [0.3, 0.4) is 0 Å². The normalized spacial score (nSPS) is 16.2. The molecule has 2 rings (SSSR count). The van der Waals surface area contributed by atoms with E-state index in [9.17, 15) is 9.90 Å². The molecule has 0 aromatic heterocycles. The van der Waals surface area contributed by atoms with Gasteiger partial charge >= 0.3 is 0 Å². The van der Waals surface area contributed by atoms with Gasteiger partial charge in [0.25, 0.3) is 5.91 Å². The maximum Gasteiger partial charge on any atom is 0.251 e. The molecule has 0 saturated heterocycles. The number of amides is 1. The highest BCUT2D eigenvalue weighted by molar-refractivity contribution is 5.95. The van der Waals surface area contributed by atoms with Gasteiger partial charge in [0.05, 0.1) is 11.6 Å². The number of hydrogen-bond acceptors (Lipinski definition) is 2. The molecule has 0 radical (unpaired) electrons. The van der Waals surface area contributed by atoms with E-state index in [1.807, 2.05) is 32.0 Å². The highest BCUT2D eigenvalue weighted by Crippen LogP contribution is 2.23. The van der Waals surface area contributed by atoms with Crippen LogP contribution in [0.5, 0.6) is 0 Å². The van der Waals surface area contributed by atoms with Crippen molar-refractivity contribution in [3.63, 3.8) is 0 Å². The minimum Gasteiger partial charge on any atom is -0.391 e. The van der Waals surface area contributed by atoms with Crippen LogP contribution < -0.4 is 5.32 Å². The Kier molecular flexibility index (Phi) is 3.44. The van der Waals surface area contributed by atoms with Gasteiger partial charge in [0, 0.05) is 5.56 Å². The molecule has 0 heterocycles. The number of aliphatic hydroxyl groups is 1. The van der Waals surface area contributed by atoms with Crippen molar-refractivity contribution in [3.8, 4) is 0 Å². The molecule has 0 aliphatic heterocycles. The SMILES string of the molecule is CC(O)C(C)(C)NC(=O)c1ccc2c(c1)CCC2. The number of rotatable bonds is 3. The van der Waals surface area contributed by atoms with Crippen molar-refractivity contribution in [2.75, 3.05) is 0 Å². The molecule has 18 heavy (non-hydrogen) atoms. The predicted octanol–water partition coefficient (Wildman–Crippen LogP) is 2.06. The quantitative estimate of drug-likeness (QED) is 0.859. The van der Waals surface area contributed by atoms with E-state index in [-0.39, 0.29) is 5.91 Å². The monoisotopic (exact) mass is 247 g/mol. The van der Waals surface area contributed by atoms with Crippen molar-refractivity contribution >= 4 is 5.91 Å². The van der Waals surface area contributed by atoms with Crippen LogP contribution in [0, 0.1) is 0 Å². The van der Waals surface area contributed by atoms with Gasteiger partial charge in [-0.1, -0.05) is 6.07 Å². The molecule has 1 aliphatic carbocycles. The Hall–Kier alpha value is -1.35. The second-order valence-electron chi connectivity index (χ2n) is 5.69. The lowest BCUT2D eigenvalue weighted by Gasteiger charge is -2.29. The Labute approximate surface area is 108 Å². The fourth-order valence-corrected chi connectivity index (χ4v) is 2.18. The zero-order valence-electron chi connectivity index (χ0n) is 11.3. The maximum absolute atomic E-state index is 12.1. The standard InChI is InChI=1S/C15H21NO2/c1-10(17)15(2,3)16-14(18)13-8-7-11-5-4-6-12(11)9-13/h7-10,17H,4-6H2,1-3H3,(H,16,18). The average molecular weight is 247 g/mol. The number of carbonyl (C=O) groups excluding carboxylic acids is 1. The lowest BCUT2D eigenvalue weighted by molar-refractivity contribution is 0.0709. The average Bonchev–Trinajstić information content (AvgIpc) is 2.74. The van der Waals surface area contributed by atoms with Gasteiger partial charge in [-0.2, -0.15) is 0 Å². The van der Waals surface area contributed by atoms with Gasteiger partial charge in [-0.25, -0.2) is 0 Å². The van der Waals surface area contributed by atoms with E-state index in [1.54, 1.807) is 6.92 Å². The summed E-state index contributed by atoms with van der Waals surface area (Å²) >= 11 is 0. The molecule has 3 nitrogen and oxygen atoms in total. The van der Waals surface area contributed by atoms with Crippen LogP contribution >= 0.6 is 0 Å². The van der Waals surface area contributed by atoms with Gasteiger partial charge in [0.2, 0.25) is 0 Å². The highest BCUT2D eigenvalue weighted by Gasteiger charge is 2.26. The van der Waals surface area contributed by atoms with Crippen LogP contribution in [-0.2, 0) is 12.8 Å². The van der Waals surface area contributed by atoms with E-state index in [2.05, 4.69) is 5.32 Å². The van der Waals surface area contributed by atoms with Gasteiger partial charge in [0.15, 0.2) is 0 Å². The summed E-state index contributed by atoms with van der Waals surface area (Å²) in [6, 6.07) is 5.90. The number of benzene rings is 1. The Morgan fingerprint density at radius 2 is 2.00 bits per heavy atom. The van der Waals surface area contributed by atoms with E-state index in [0.29, 0.717) is 5.56 Å². The van der Waals surface area contributed by atoms with Crippen molar-refractivity contribution in [1.29, 1.82) is 0 Å². The number of aliphatic hydroxyl groups excluding tert-OH is 1. The first-order valence-corrected chi connectivity index (χ1v) is 6.52. The first-order valence-electron chi connectivity index (χ1n) is 6.52. The molecule has 1 amide bonds. The molecule has 98 valence electrons. The molecule has 0 saturated carbocycles. The van der Waals surface area contributed by atoms with Gasteiger partial charge in [0.1, 0.15) is 0 Å². The summed E-state index contributed by atoms with van der Waals surface area (Å²) in [5.74, 6) is -0.115.